The summed E-state index contributed by atoms with van der Waals surface area (Å²) in [4.78, 5) is 12.6. The van der Waals surface area contributed by atoms with Crippen molar-refractivity contribution in [3.05, 3.63) is 35.9 Å². The van der Waals surface area contributed by atoms with Crippen molar-refractivity contribution in [1.29, 1.82) is 5.41 Å². The lowest BCUT2D eigenvalue weighted by Gasteiger charge is -2.31. The van der Waals surface area contributed by atoms with Gasteiger partial charge in [-0.25, -0.2) is 5.01 Å². The first kappa shape index (κ1) is 28.8. The van der Waals surface area contributed by atoms with Gasteiger partial charge in [0, 0.05) is 6.54 Å². The third-order valence-corrected chi connectivity index (χ3v) is 4.31. The first-order chi connectivity index (χ1) is 15.7. The molecule has 1 aromatic carbocycles. The predicted molar refractivity (Wildman–Crippen MR) is 112 cm³/mol. The number of carbonyl (C=O) groups is 1. The number of nitrogens with one attached hydrogen (secondary N) is 1. The summed E-state index contributed by atoms with van der Waals surface area (Å²) in [5, 5.41) is 11.9. The summed E-state index contributed by atoms with van der Waals surface area (Å²) in [5.41, 5.74) is 16.3. The minimum absolute atomic E-state index is 0.00604. The number of halogens is 6. The van der Waals surface area contributed by atoms with Crippen LogP contribution in [-0.4, -0.2) is 65.8 Å². The Kier molecular flexibility index (Phi) is 10.9. The lowest BCUT2D eigenvalue weighted by molar-refractivity contribution is -0.193. The molecule has 1 atom stereocenters. The maximum Gasteiger partial charge on any atom is 0.401 e. The number of esters is 1. The topological polar surface area (TPSA) is 147 Å². The highest BCUT2D eigenvalue weighted by molar-refractivity contribution is 5.80. The summed E-state index contributed by atoms with van der Waals surface area (Å²) >= 11 is 0. The zero-order valence-electron chi connectivity index (χ0n) is 18.1. The van der Waals surface area contributed by atoms with E-state index in [-0.39, 0.29) is 37.3 Å². The Morgan fingerprint density at radius 1 is 1.00 bits per heavy atom. The average molecular weight is 499 g/mol. The largest absolute Gasteiger partial charge is 0.460 e. The van der Waals surface area contributed by atoms with Gasteiger partial charge in [-0.15, -0.1) is 5.10 Å². The van der Waals surface area contributed by atoms with Gasteiger partial charge in [-0.1, -0.05) is 30.3 Å². The third kappa shape index (κ3) is 12.1. The summed E-state index contributed by atoms with van der Waals surface area (Å²) in [6.45, 7) is -4.28. The van der Waals surface area contributed by atoms with Crippen molar-refractivity contribution < 1.29 is 35.9 Å². The Morgan fingerprint density at radius 3 is 2.03 bits per heavy atom. The van der Waals surface area contributed by atoms with Crippen LogP contribution in [0.15, 0.2) is 35.4 Å². The van der Waals surface area contributed by atoms with Gasteiger partial charge < -0.3 is 21.9 Å². The molecule has 34 heavy (non-hydrogen) atoms. The second-order valence-electron chi connectivity index (χ2n) is 7.27. The monoisotopic (exact) mass is 499 g/mol. The van der Waals surface area contributed by atoms with Crippen LogP contribution in [0.4, 0.5) is 26.3 Å². The molecule has 0 spiro atoms. The van der Waals surface area contributed by atoms with Gasteiger partial charge in [-0.2, -0.15) is 26.3 Å². The number of hydrogen-bond donors (Lipinski definition) is 4. The number of carbonyl (C=O) groups excluding carboxylic acids is 1. The van der Waals surface area contributed by atoms with Crippen LogP contribution in [0.1, 0.15) is 24.8 Å². The number of guanidine groups is 2. The van der Waals surface area contributed by atoms with Crippen LogP contribution in [0, 0.1) is 5.41 Å². The number of unbranched alkanes of at least 4 members (excludes halogenated alkanes) is 1. The van der Waals surface area contributed by atoms with E-state index in [1.807, 2.05) is 0 Å². The Balaban J connectivity index is 2.98. The van der Waals surface area contributed by atoms with Crippen molar-refractivity contribution in [2.75, 3.05) is 19.6 Å². The molecule has 0 heterocycles. The summed E-state index contributed by atoms with van der Waals surface area (Å²) in [6.07, 6.45) is -10.3. The van der Waals surface area contributed by atoms with E-state index in [0.29, 0.717) is 5.56 Å². The fourth-order valence-corrected chi connectivity index (χ4v) is 2.97. The SMILES string of the molecule is N=C(N)N(CCCC[C@H](C(=O)OCc1ccccc1)N(CC(F)(F)F)CC(F)(F)F)N=C(N)N. The van der Waals surface area contributed by atoms with Crippen LogP contribution >= 0.6 is 0 Å². The highest BCUT2D eigenvalue weighted by Gasteiger charge is 2.42. The summed E-state index contributed by atoms with van der Waals surface area (Å²) in [6, 6.07) is 6.32. The molecule has 0 aromatic heterocycles. The molecule has 9 nitrogen and oxygen atoms in total. The number of rotatable bonds is 12. The zero-order chi connectivity index (χ0) is 25.9. The Bertz CT molecular complexity index is 798. The van der Waals surface area contributed by atoms with Crippen molar-refractivity contribution in [2.45, 2.75) is 44.3 Å². The zero-order valence-corrected chi connectivity index (χ0v) is 18.1. The van der Waals surface area contributed by atoms with Gasteiger partial charge in [0.2, 0.25) is 11.9 Å². The molecule has 0 aliphatic rings. The average Bonchev–Trinajstić information content (AvgIpc) is 2.69. The third-order valence-electron chi connectivity index (χ3n) is 4.31. The second-order valence-corrected chi connectivity index (χ2v) is 7.27. The van der Waals surface area contributed by atoms with E-state index >= 15 is 0 Å². The molecule has 0 amide bonds. The Morgan fingerprint density at radius 2 is 1.56 bits per heavy atom. The predicted octanol–water partition coefficient (Wildman–Crippen LogP) is 2.08. The first-order valence-corrected chi connectivity index (χ1v) is 9.97. The summed E-state index contributed by atoms with van der Waals surface area (Å²) in [7, 11) is 0. The van der Waals surface area contributed by atoms with E-state index in [4.69, 9.17) is 27.3 Å². The molecule has 0 aliphatic heterocycles. The molecule has 7 N–H and O–H groups in total. The van der Waals surface area contributed by atoms with Gasteiger partial charge in [-0.05, 0) is 24.8 Å². The van der Waals surface area contributed by atoms with Gasteiger partial charge in [0.1, 0.15) is 12.6 Å². The molecule has 192 valence electrons. The fraction of sp³-hybridized carbons (Fsp3) is 0.526. The molecule has 0 unspecified atom stereocenters. The molecule has 1 aromatic rings. The second kappa shape index (κ2) is 12.9. The minimum Gasteiger partial charge on any atom is -0.460 e. The number of benzene rings is 1. The van der Waals surface area contributed by atoms with Gasteiger partial charge in [0.15, 0.2) is 0 Å². The Hall–Kier alpha value is -3.23. The molecule has 0 saturated carbocycles. The number of hydrazone groups is 1. The van der Waals surface area contributed by atoms with Crippen LogP contribution in [0.2, 0.25) is 0 Å². The van der Waals surface area contributed by atoms with E-state index in [1.54, 1.807) is 30.3 Å². The quantitative estimate of drug-likeness (QED) is 0.0860. The maximum absolute atomic E-state index is 13.0. The molecule has 0 saturated heterocycles. The van der Waals surface area contributed by atoms with Crippen molar-refractivity contribution in [3.63, 3.8) is 0 Å². The highest BCUT2D eigenvalue weighted by Crippen LogP contribution is 2.26. The lowest BCUT2D eigenvalue weighted by Crippen LogP contribution is -2.50. The molecular weight excluding hydrogens is 472 g/mol. The van der Waals surface area contributed by atoms with Crippen molar-refractivity contribution in [3.8, 4) is 0 Å². The van der Waals surface area contributed by atoms with Gasteiger partial charge in [-0.3, -0.25) is 15.1 Å². The van der Waals surface area contributed by atoms with Crippen LogP contribution in [0.25, 0.3) is 0 Å². The molecule has 15 heteroatoms. The molecule has 0 radical (unpaired) electrons. The lowest BCUT2D eigenvalue weighted by atomic mass is 10.1. The molecule has 1 rings (SSSR count). The number of nitrogens with zero attached hydrogens (tertiary/aromatic N) is 3. The van der Waals surface area contributed by atoms with Crippen LogP contribution in [0.3, 0.4) is 0 Å². The standard InChI is InChI=1S/C19H27F6N7O2/c20-18(21,22)11-31(12-19(23,24)25)14(15(33)34-10-13-6-2-1-3-7-13)8-4-5-9-32(17(28)29)30-16(26)27/h1-3,6-7,14H,4-5,8-12H2,(H3,28,29)(H4,26,27,30)/t14-/m1/s1. The molecule has 0 bridgehead atoms. The molecular formula is C19H27F6N7O2. The molecule has 0 fully saturated rings. The van der Waals surface area contributed by atoms with Gasteiger partial charge in [0.05, 0.1) is 13.1 Å². The Labute approximate surface area is 192 Å². The van der Waals surface area contributed by atoms with Crippen LogP contribution < -0.4 is 17.2 Å². The van der Waals surface area contributed by atoms with Crippen molar-refractivity contribution >= 4 is 17.9 Å². The van der Waals surface area contributed by atoms with Crippen LogP contribution in [-0.2, 0) is 16.1 Å². The van der Waals surface area contributed by atoms with E-state index in [9.17, 15) is 31.1 Å². The van der Waals surface area contributed by atoms with E-state index in [1.165, 1.54) is 0 Å². The highest BCUT2D eigenvalue weighted by atomic mass is 19.4. The normalized spacial score (nSPS) is 12.8. The van der Waals surface area contributed by atoms with Crippen molar-refractivity contribution in [1.82, 2.24) is 9.91 Å². The smallest absolute Gasteiger partial charge is 0.401 e. The van der Waals surface area contributed by atoms with Gasteiger partial charge >= 0.3 is 18.3 Å². The van der Waals surface area contributed by atoms with Gasteiger partial charge in [0.25, 0.3) is 0 Å². The van der Waals surface area contributed by atoms with Crippen LogP contribution in [0.5, 0.6) is 0 Å². The van der Waals surface area contributed by atoms with E-state index in [2.05, 4.69) is 5.10 Å². The fourth-order valence-electron chi connectivity index (χ4n) is 2.97. The van der Waals surface area contributed by atoms with E-state index in [0.717, 1.165) is 5.01 Å². The summed E-state index contributed by atoms with van der Waals surface area (Å²) in [5.74, 6) is -2.15. The number of ether oxygens (including phenoxy) is 1. The first-order valence-electron chi connectivity index (χ1n) is 9.97. The minimum atomic E-state index is -4.98. The van der Waals surface area contributed by atoms with E-state index < -0.39 is 49.4 Å². The number of alkyl halides is 6. The van der Waals surface area contributed by atoms with Crippen molar-refractivity contribution in [2.24, 2.45) is 22.3 Å². The number of hydrogen-bond acceptors (Lipinski definition) is 5. The molecule has 0 aliphatic carbocycles. The maximum atomic E-state index is 13.0. The number of nitrogens with two attached hydrogens (primary N) is 3. The summed E-state index contributed by atoms with van der Waals surface area (Å²) < 4.78 is 83.1.